The summed E-state index contributed by atoms with van der Waals surface area (Å²) in [6.07, 6.45) is 0. The number of aryl methyl sites for hydroxylation is 2. The van der Waals surface area contributed by atoms with Crippen molar-refractivity contribution in [3.63, 3.8) is 0 Å². The van der Waals surface area contributed by atoms with Crippen LogP contribution in [0.1, 0.15) is 30.5 Å². The maximum atomic E-state index is 6.41. The van der Waals surface area contributed by atoms with Gasteiger partial charge in [0, 0.05) is 18.6 Å². The first-order valence-corrected chi connectivity index (χ1v) is 5.75. The summed E-state index contributed by atoms with van der Waals surface area (Å²) in [5, 5.41) is 0. The lowest BCUT2D eigenvalue weighted by molar-refractivity contribution is 0.121. The molecule has 0 saturated heterocycles. The zero-order chi connectivity index (χ0) is 12.3. The fourth-order valence-electron chi connectivity index (χ4n) is 1.78. The van der Waals surface area contributed by atoms with Crippen LogP contribution in [0.4, 0.5) is 0 Å². The molecule has 0 aliphatic carbocycles. The van der Waals surface area contributed by atoms with Gasteiger partial charge >= 0.3 is 0 Å². The summed E-state index contributed by atoms with van der Waals surface area (Å²) in [6.45, 7) is 9.11. The molecule has 1 aromatic carbocycles. The van der Waals surface area contributed by atoms with Crippen LogP contribution in [0.5, 0.6) is 0 Å². The van der Waals surface area contributed by atoms with Gasteiger partial charge in [0.15, 0.2) is 0 Å². The lowest BCUT2D eigenvalue weighted by Gasteiger charge is -2.32. The monoisotopic (exact) mass is 221 g/mol. The van der Waals surface area contributed by atoms with E-state index in [2.05, 4.69) is 45.9 Å². The number of nitrogens with two attached hydrogens (primary N) is 1. The average molecular weight is 221 g/mol. The molecule has 0 aromatic heterocycles. The van der Waals surface area contributed by atoms with Crippen molar-refractivity contribution < 1.29 is 4.74 Å². The number of hydrogen-bond acceptors (Lipinski definition) is 2. The molecule has 2 atom stereocenters. The standard InChI is InChI=1S/C14H23NO/c1-10-6-7-13(8-11(10)2)14(4,15)12(3)9-16-5/h6-8,12H,9,15H2,1-5H3. The maximum absolute atomic E-state index is 6.41. The molecule has 2 unspecified atom stereocenters. The van der Waals surface area contributed by atoms with Crippen LogP contribution in [0.15, 0.2) is 18.2 Å². The van der Waals surface area contributed by atoms with Gasteiger partial charge in [0.05, 0.1) is 6.61 Å². The molecular formula is C14H23NO. The summed E-state index contributed by atoms with van der Waals surface area (Å²) in [5.74, 6) is 0.291. The summed E-state index contributed by atoms with van der Waals surface area (Å²) >= 11 is 0. The molecule has 0 fully saturated rings. The van der Waals surface area contributed by atoms with Crippen molar-refractivity contribution >= 4 is 0 Å². The second-order valence-corrected chi connectivity index (χ2v) is 4.94. The molecule has 0 saturated carbocycles. The zero-order valence-corrected chi connectivity index (χ0v) is 11.0. The molecule has 2 heteroatoms. The molecule has 16 heavy (non-hydrogen) atoms. The van der Waals surface area contributed by atoms with E-state index in [-0.39, 0.29) is 5.54 Å². The van der Waals surface area contributed by atoms with Gasteiger partial charge in [-0.2, -0.15) is 0 Å². The van der Waals surface area contributed by atoms with Crippen molar-refractivity contribution in [1.82, 2.24) is 0 Å². The molecule has 0 radical (unpaired) electrons. The van der Waals surface area contributed by atoms with Crippen LogP contribution in [0.2, 0.25) is 0 Å². The fourth-order valence-corrected chi connectivity index (χ4v) is 1.78. The summed E-state index contributed by atoms with van der Waals surface area (Å²) < 4.78 is 5.19. The number of hydrogen-bond donors (Lipinski definition) is 1. The SMILES string of the molecule is COCC(C)C(C)(N)c1ccc(C)c(C)c1. The molecule has 90 valence electrons. The van der Waals surface area contributed by atoms with E-state index in [0.717, 1.165) is 0 Å². The van der Waals surface area contributed by atoms with Gasteiger partial charge in [-0.05, 0) is 37.5 Å². The first-order chi connectivity index (χ1) is 7.39. The Morgan fingerprint density at radius 2 is 1.94 bits per heavy atom. The Morgan fingerprint density at radius 1 is 1.31 bits per heavy atom. The molecule has 2 nitrogen and oxygen atoms in total. The lowest BCUT2D eigenvalue weighted by Crippen LogP contribution is -2.41. The van der Waals surface area contributed by atoms with Crippen LogP contribution in [-0.4, -0.2) is 13.7 Å². The maximum Gasteiger partial charge on any atom is 0.0508 e. The minimum absolute atomic E-state index is 0.291. The summed E-state index contributed by atoms with van der Waals surface area (Å²) in [4.78, 5) is 0. The third kappa shape index (κ3) is 2.63. The van der Waals surface area contributed by atoms with E-state index in [1.54, 1.807) is 7.11 Å². The van der Waals surface area contributed by atoms with E-state index in [9.17, 15) is 0 Å². The number of rotatable bonds is 4. The van der Waals surface area contributed by atoms with Gasteiger partial charge < -0.3 is 10.5 Å². The summed E-state index contributed by atoms with van der Waals surface area (Å²) in [7, 11) is 1.72. The Hall–Kier alpha value is -0.860. The highest BCUT2D eigenvalue weighted by atomic mass is 16.5. The lowest BCUT2D eigenvalue weighted by atomic mass is 9.81. The van der Waals surface area contributed by atoms with Gasteiger partial charge in [-0.15, -0.1) is 0 Å². The van der Waals surface area contributed by atoms with E-state index in [4.69, 9.17) is 10.5 Å². The third-order valence-corrected chi connectivity index (χ3v) is 3.57. The smallest absolute Gasteiger partial charge is 0.0508 e. The van der Waals surface area contributed by atoms with Gasteiger partial charge in [0.2, 0.25) is 0 Å². The highest BCUT2D eigenvalue weighted by Gasteiger charge is 2.28. The highest BCUT2D eigenvalue weighted by Crippen LogP contribution is 2.28. The molecule has 0 amide bonds. The van der Waals surface area contributed by atoms with E-state index in [0.29, 0.717) is 12.5 Å². The van der Waals surface area contributed by atoms with E-state index in [1.807, 2.05) is 0 Å². The van der Waals surface area contributed by atoms with E-state index < -0.39 is 0 Å². The topological polar surface area (TPSA) is 35.2 Å². The van der Waals surface area contributed by atoms with Crippen molar-refractivity contribution in [3.05, 3.63) is 34.9 Å². The molecular weight excluding hydrogens is 198 g/mol. The van der Waals surface area contributed by atoms with Gasteiger partial charge in [0.1, 0.15) is 0 Å². The Balaban J connectivity index is 3.01. The van der Waals surface area contributed by atoms with E-state index >= 15 is 0 Å². The van der Waals surface area contributed by atoms with Crippen LogP contribution >= 0.6 is 0 Å². The van der Waals surface area contributed by atoms with Crippen molar-refractivity contribution in [2.24, 2.45) is 11.7 Å². The van der Waals surface area contributed by atoms with Crippen molar-refractivity contribution in [1.29, 1.82) is 0 Å². The minimum Gasteiger partial charge on any atom is -0.384 e. The van der Waals surface area contributed by atoms with Gasteiger partial charge in [-0.3, -0.25) is 0 Å². The first-order valence-electron chi connectivity index (χ1n) is 5.75. The van der Waals surface area contributed by atoms with Gasteiger partial charge in [-0.1, -0.05) is 25.1 Å². The number of benzene rings is 1. The first kappa shape index (κ1) is 13.2. The Morgan fingerprint density at radius 3 is 2.44 bits per heavy atom. The Kier molecular flexibility index (Phi) is 4.11. The largest absolute Gasteiger partial charge is 0.384 e. The highest BCUT2D eigenvalue weighted by molar-refractivity contribution is 5.34. The molecule has 0 aliphatic heterocycles. The molecule has 0 spiro atoms. The van der Waals surface area contributed by atoms with Crippen LogP contribution in [0, 0.1) is 19.8 Å². The quantitative estimate of drug-likeness (QED) is 0.848. The normalized spacial score (nSPS) is 16.9. The minimum atomic E-state index is -0.339. The van der Waals surface area contributed by atoms with Crippen LogP contribution in [0.3, 0.4) is 0 Å². The van der Waals surface area contributed by atoms with Gasteiger partial charge in [-0.25, -0.2) is 0 Å². The summed E-state index contributed by atoms with van der Waals surface area (Å²) in [6, 6.07) is 6.44. The van der Waals surface area contributed by atoms with Crippen molar-refractivity contribution in [2.45, 2.75) is 33.2 Å². The van der Waals surface area contributed by atoms with Crippen LogP contribution < -0.4 is 5.73 Å². The predicted molar refractivity (Wildman–Crippen MR) is 68.5 cm³/mol. The number of methoxy groups -OCH3 is 1. The van der Waals surface area contributed by atoms with Gasteiger partial charge in [0.25, 0.3) is 0 Å². The molecule has 0 aliphatic rings. The van der Waals surface area contributed by atoms with Crippen LogP contribution in [-0.2, 0) is 10.3 Å². The van der Waals surface area contributed by atoms with Crippen LogP contribution in [0.25, 0.3) is 0 Å². The summed E-state index contributed by atoms with van der Waals surface area (Å²) in [5.41, 5.74) is 9.84. The zero-order valence-electron chi connectivity index (χ0n) is 11.0. The second kappa shape index (κ2) is 4.98. The second-order valence-electron chi connectivity index (χ2n) is 4.94. The predicted octanol–water partition coefficient (Wildman–Crippen LogP) is 2.76. The Labute approximate surface area is 98.8 Å². The fraction of sp³-hybridized carbons (Fsp3) is 0.571. The van der Waals surface area contributed by atoms with E-state index in [1.165, 1.54) is 16.7 Å². The molecule has 1 aromatic rings. The van der Waals surface area contributed by atoms with Crippen molar-refractivity contribution in [3.8, 4) is 0 Å². The molecule has 2 N–H and O–H groups in total. The Bertz CT molecular complexity index is 358. The molecule has 0 heterocycles. The average Bonchev–Trinajstić information content (AvgIpc) is 2.22. The third-order valence-electron chi connectivity index (χ3n) is 3.57. The number of ether oxygens (including phenoxy) is 1. The van der Waals surface area contributed by atoms with Crippen molar-refractivity contribution in [2.75, 3.05) is 13.7 Å². The molecule has 1 rings (SSSR count). The molecule has 0 bridgehead atoms.